The molecule has 0 aromatic rings. The number of hydrogen-bond donors (Lipinski definition) is 2. The van der Waals surface area contributed by atoms with E-state index in [0.29, 0.717) is 25.9 Å². The Hall–Kier alpha value is -2.18. The van der Waals surface area contributed by atoms with Crippen LogP contribution < -0.4 is 0 Å². The predicted octanol–water partition coefficient (Wildman–Crippen LogP) is 13.4. The van der Waals surface area contributed by atoms with Crippen LogP contribution in [0.3, 0.4) is 0 Å². The number of aliphatic hydroxyl groups excluding tert-OH is 2. The smallest absolute Gasteiger partial charge is 0.305 e. The van der Waals surface area contributed by atoms with Crippen molar-refractivity contribution in [3.8, 4) is 0 Å². The van der Waals surface area contributed by atoms with Gasteiger partial charge >= 0.3 is 11.9 Å². The highest BCUT2D eigenvalue weighted by molar-refractivity contribution is 5.69. The molecule has 0 aromatic carbocycles. The molecule has 0 saturated carbocycles. The van der Waals surface area contributed by atoms with Crippen molar-refractivity contribution >= 4 is 11.9 Å². The summed E-state index contributed by atoms with van der Waals surface area (Å²) >= 11 is 0. The Balaban J connectivity index is 3.47. The van der Waals surface area contributed by atoms with E-state index in [2.05, 4.69) is 62.5 Å². The molecule has 0 heterocycles. The van der Waals surface area contributed by atoms with Crippen molar-refractivity contribution < 1.29 is 29.3 Å². The van der Waals surface area contributed by atoms with Gasteiger partial charge in [0, 0.05) is 19.4 Å². The average Bonchev–Trinajstić information content (AvgIpc) is 3.17. The summed E-state index contributed by atoms with van der Waals surface area (Å²) in [5, 5.41) is 18.8. The molecule has 6 nitrogen and oxygen atoms in total. The molecule has 2 atom stereocenters. The first-order valence-electron chi connectivity index (χ1n) is 22.7. The molecule has 314 valence electrons. The summed E-state index contributed by atoms with van der Waals surface area (Å²) < 4.78 is 10.3. The Labute approximate surface area is 333 Å². The van der Waals surface area contributed by atoms with E-state index in [1.807, 2.05) is 0 Å². The van der Waals surface area contributed by atoms with E-state index in [9.17, 15) is 14.7 Å². The lowest BCUT2D eigenvalue weighted by Crippen LogP contribution is -2.25. The predicted molar refractivity (Wildman–Crippen MR) is 230 cm³/mol. The van der Waals surface area contributed by atoms with Gasteiger partial charge in [-0.05, 0) is 63.7 Å². The monoisotopic (exact) mass is 759 g/mol. The molecule has 0 aromatic heterocycles. The zero-order valence-electron chi connectivity index (χ0n) is 35.3. The highest BCUT2D eigenvalue weighted by Gasteiger charge is 2.12. The van der Waals surface area contributed by atoms with Crippen LogP contribution in [0.15, 0.2) is 48.6 Å². The van der Waals surface area contributed by atoms with Crippen LogP contribution in [0.4, 0.5) is 0 Å². The van der Waals surface area contributed by atoms with E-state index in [1.165, 1.54) is 109 Å². The van der Waals surface area contributed by atoms with Crippen molar-refractivity contribution in [1.82, 2.24) is 0 Å². The SMILES string of the molecule is CCC(C)CCCCCCCCCCCCCCCCCCCCC(=O)OC[C@@H](O)COC(=O)CCC/C=C\C/C=C\C/C=C\C/C=C\CCCCCO. The van der Waals surface area contributed by atoms with Crippen LogP contribution in [0.1, 0.15) is 213 Å². The maximum atomic E-state index is 12.0. The number of ether oxygens (including phenoxy) is 2. The number of carbonyl (C=O) groups is 2. The van der Waals surface area contributed by atoms with Crippen LogP contribution in [0.25, 0.3) is 0 Å². The van der Waals surface area contributed by atoms with Crippen LogP contribution in [0.5, 0.6) is 0 Å². The topological polar surface area (TPSA) is 93.1 Å². The molecule has 0 spiro atoms. The van der Waals surface area contributed by atoms with E-state index >= 15 is 0 Å². The molecule has 54 heavy (non-hydrogen) atoms. The quantitative estimate of drug-likeness (QED) is 0.0366. The lowest BCUT2D eigenvalue weighted by molar-refractivity contribution is -0.152. The summed E-state index contributed by atoms with van der Waals surface area (Å²) in [7, 11) is 0. The number of aliphatic hydroxyl groups is 2. The molecule has 0 saturated heterocycles. The second kappa shape index (κ2) is 43.5. The van der Waals surface area contributed by atoms with Gasteiger partial charge in [-0.2, -0.15) is 0 Å². The van der Waals surface area contributed by atoms with Gasteiger partial charge in [0.15, 0.2) is 0 Å². The molecule has 0 rings (SSSR count). The van der Waals surface area contributed by atoms with E-state index in [-0.39, 0.29) is 25.2 Å². The van der Waals surface area contributed by atoms with Crippen LogP contribution in [-0.4, -0.2) is 48.1 Å². The third-order valence-corrected chi connectivity index (χ3v) is 10.2. The van der Waals surface area contributed by atoms with Gasteiger partial charge in [-0.15, -0.1) is 0 Å². The number of hydrogen-bond acceptors (Lipinski definition) is 6. The molecule has 0 aliphatic rings. The minimum atomic E-state index is -0.993. The molecule has 0 amide bonds. The fourth-order valence-electron chi connectivity index (χ4n) is 6.33. The minimum absolute atomic E-state index is 0.138. The van der Waals surface area contributed by atoms with Crippen LogP contribution >= 0.6 is 0 Å². The van der Waals surface area contributed by atoms with Gasteiger partial charge in [0.25, 0.3) is 0 Å². The first-order valence-corrected chi connectivity index (χ1v) is 22.7. The van der Waals surface area contributed by atoms with Gasteiger partial charge in [-0.25, -0.2) is 0 Å². The van der Waals surface area contributed by atoms with Crippen molar-refractivity contribution in [3.05, 3.63) is 48.6 Å². The molecule has 0 bridgehead atoms. The third kappa shape index (κ3) is 42.6. The number of allylic oxidation sites excluding steroid dienone is 8. The first-order chi connectivity index (χ1) is 26.5. The van der Waals surface area contributed by atoms with Crippen LogP contribution in [-0.2, 0) is 19.1 Å². The lowest BCUT2D eigenvalue weighted by atomic mass is 9.99. The molecule has 6 heteroatoms. The Kier molecular flexibility index (Phi) is 41.8. The molecule has 0 radical (unpaired) electrons. The molecule has 1 unspecified atom stereocenters. The largest absolute Gasteiger partial charge is 0.463 e. The molecular formula is C48H86O6. The van der Waals surface area contributed by atoms with Gasteiger partial charge < -0.3 is 19.7 Å². The molecule has 0 fully saturated rings. The molecule has 0 aliphatic heterocycles. The summed E-state index contributed by atoms with van der Waals surface area (Å²) in [6, 6.07) is 0. The van der Waals surface area contributed by atoms with Crippen LogP contribution in [0, 0.1) is 5.92 Å². The third-order valence-electron chi connectivity index (χ3n) is 10.2. The second-order valence-corrected chi connectivity index (χ2v) is 15.5. The van der Waals surface area contributed by atoms with Gasteiger partial charge in [0.1, 0.15) is 19.3 Å². The first kappa shape index (κ1) is 51.8. The summed E-state index contributed by atoms with van der Waals surface area (Å²) in [4.78, 5) is 24.0. The summed E-state index contributed by atoms with van der Waals surface area (Å²) in [5.41, 5.74) is 0. The van der Waals surface area contributed by atoms with Gasteiger partial charge in [-0.3, -0.25) is 9.59 Å². The van der Waals surface area contributed by atoms with Gasteiger partial charge in [0.05, 0.1) is 0 Å². The average molecular weight is 759 g/mol. The second-order valence-electron chi connectivity index (χ2n) is 15.5. The summed E-state index contributed by atoms with van der Waals surface area (Å²) in [5.74, 6) is 0.274. The van der Waals surface area contributed by atoms with Crippen molar-refractivity contribution in [2.75, 3.05) is 19.8 Å². The highest BCUT2D eigenvalue weighted by atomic mass is 16.6. The summed E-state index contributed by atoms with van der Waals surface area (Å²) in [6.07, 6.45) is 51.9. The van der Waals surface area contributed by atoms with Gasteiger partial charge in [-0.1, -0.05) is 191 Å². The fraction of sp³-hybridized carbons (Fsp3) is 0.792. The maximum Gasteiger partial charge on any atom is 0.305 e. The minimum Gasteiger partial charge on any atom is -0.463 e. The number of rotatable bonds is 41. The molecule has 0 aliphatic carbocycles. The number of esters is 2. The van der Waals surface area contributed by atoms with Crippen molar-refractivity contribution in [2.45, 2.75) is 219 Å². The normalized spacial score (nSPS) is 13.2. The molecular weight excluding hydrogens is 673 g/mol. The maximum absolute atomic E-state index is 12.0. The van der Waals surface area contributed by atoms with Crippen LogP contribution in [0.2, 0.25) is 0 Å². The Morgan fingerprint density at radius 2 is 0.833 bits per heavy atom. The zero-order chi connectivity index (χ0) is 39.4. The van der Waals surface area contributed by atoms with Crippen molar-refractivity contribution in [2.24, 2.45) is 5.92 Å². The Morgan fingerprint density at radius 3 is 1.26 bits per heavy atom. The number of unbranched alkanes of at least 4 members (excludes halogenated alkanes) is 21. The van der Waals surface area contributed by atoms with E-state index in [1.54, 1.807) is 0 Å². The van der Waals surface area contributed by atoms with E-state index < -0.39 is 6.10 Å². The van der Waals surface area contributed by atoms with E-state index in [4.69, 9.17) is 14.6 Å². The standard InChI is InChI=1S/C48H86O6/c1-3-45(2)39-35-31-27-23-19-15-11-7-4-5-8-12-16-20-24-28-32-36-40-47(51)53-43-46(50)44-54-48(52)41-37-33-29-25-21-17-13-9-6-10-14-18-22-26-30-34-38-42-49/h6,10,13,17-18,22,25,29,45-46,49-50H,3-5,7-9,11-12,14-16,19-21,23-24,26-28,30-44H2,1-2H3/b10-6-,17-13-,22-18-,29-25-/t45?,46-/m1/s1. The zero-order valence-corrected chi connectivity index (χ0v) is 35.3. The highest BCUT2D eigenvalue weighted by Crippen LogP contribution is 2.17. The van der Waals surface area contributed by atoms with Crippen molar-refractivity contribution in [3.63, 3.8) is 0 Å². The van der Waals surface area contributed by atoms with E-state index in [0.717, 1.165) is 76.5 Å². The fourth-order valence-corrected chi connectivity index (χ4v) is 6.33. The van der Waals surface area contributed by atoms with Crippen molar-refractivity contribution in [1.29, 1.82) is 0 Å². The Bertz CT molecular complexity index is 922. The number of carbonyl (C=O) groups excluding carboxylic acids is 2. The lowest BCUT2D eigenvalue weighted by Gasteiger charge is -2.12. The summed E-state index contributed by atoms with van der Waals surface area (Å²) in [6.45, 7) is 4.69. The Morgan fingerprint density at radius 1 is 0.481 bits per heavy atom. The molecule has 2 N–H and O–H groups in total. The van der Waals surface area contributed by atoms with Gasteiger partial charge in [0.2, 0.25) is 0 Å².